The van der Waals surface area contributed by atoms with Crippen molar-refractivity contribution in [2.75, 3.05) is 10.6 Å². The van der Waals surface area contributed by atoms with Gasteiger partial charge in [0.25, 0.3) is 5.91 Å². The second kappa shape index (κ2) is 9.51. The third-order valence-corrected chi connectivity index (χ3v) is 6.03. The Labute approximate surface area is 186 Å². The van der Waals surface area contributed by atoms with E-state index >= 15 is 0 Å². The monoisotopic (exact) mass is 462 g/mol. The van der Waals surface area contributed by atoms with E-state index in [0.29, 0.717) is 27.8 Å². The molecule has 0 aliphatic carbocycles. The van der Waals surface area contributed by atoms with Crippen molar-refractivity contribution < 1.29 is 13.2 Å². The molecule has 3 aromatic carbocycles. The van der Waals surface area contributed by atoms with Crippen LogP contribution < -0.4 is 9.62 Å². The minimum Gasteiger partial charge on any atom is -0.348 e. The van der Waals surface area contributed by atoms with E-state index < -0.39 is 10.0 Å². The van der Waals surface area contributed by atoms with Crippen LogP contribution in [0.25, 0.3) is 0 Å². The van der Waals surface area contributed by atoms with Gasteiger partial charge in [0.2, 0.25) is 10.0 Å². The zero-order valence-corrected chi connectivity index (χ0v) is 18.5. The van der Waals surface area contributed by atoms with Gasteiger partial charge in [-0.05, 0) is 53.6 Å². The predicted octanol–water partition coefficient (Wildman–Crippen LogP) is 4.89. The molecule has 0 aliphatic rings. The summed E-state index contributed by atoms with van der Waals surface area (Å²) < 4.78 is 25.8. The third kappa shape index (κ3) is 5.98. The Morgan fingerprint density at radius 3 is 2.13 bits per heavy atom. The first-order valence-corrected chi connectivity index (χ1v) is 11.7. The van der Waals surface area contributed by atoms with Crippen molar-refractivity contribution >= 4 is 44.8 Å². The highest BCUT2D eigenvalue weighted by Crippen LogP contribution is 2.24. The van der Waals surface area contributed by atoms with E-state index in [9.17, 15) is 13.2 Å². The van der Waals surface area contributed by atoms with Gasteiger partial charge in [-0.1, -0.05) is 53.5 Å². The van der Waals surface area contributed by atoms with Gasteiger partial charge in [0.05, 0.1) is 18.5 Å². The highest BCUT2D eigenvalue weighted by Gasteiger charge is 2.18. The molecule has 0 aliphatic heterocycles. The van der Waals surface area contributed by atoms with E-state index in [2.05, 4.69) is 5.32 Å². The van der Waals surface area contributed by atoms with Gasteiger partial charge in [0.15, 0.2) is 0 Å². The SMILES string of the molecule is CS(=O)(=O)N(Cc1ccc(C(=O)NCc2ccc(Cl)cc2)cc1)c1cccc(Cl)c1. The molecule has 0 fully saturated rings. The number of nitrogens with one attached hydrogen (secondary N) is 1. The second-order valence-corrected chi connectivity index (χ2v) is 9.54. The zero-order chi connectivity index (χ0) is 21.7. The van der Waals surface area contributed by atoms with Gasteiger partial charge in [-0.2, -0.15) is 0 Å². The van der Waals surface area contributed by atoms with Crippen LogP contribution in [0.1, 0.15) is 21.5 Å². The van der Waals surface area contributed by atoms with Crippen LogP contribution in [-0.4, -0.2) is 20.6 Å². The topological polar surface area (TPSA) is 66.5 Å². The summed E-state index contributed by atoms with van der Waals surface area (Å²) >= 11 is 11.9. The fraction of sp³-hybridized carbons (Fsp3) is 0.136. The van der Waals surface area contributed by atoms with Crippen LogP contribution in [0, 0.1) is 0 Å². The highest BCUT2D eigenvalue weighted by molar-refractivity contribution is 7.92. The van der Waals surface area contributed by atoms with Gasteiger partial charge in [-0.3, -0.25) is 9.10 Å². The molecule has 0 radical (unpaired) electrons. The minimum atomic E-state index is -3.52. The molecule has 5 nitrogen and oxygen atoms in total. The van der Waals surface area contributed by atoms with Crippen molar-refractivity contribution in [3.63, 3.8) is 0 Å². The number of carbonyl (C=O) groups excluding carboxylic acids is 1. The molecule has 0 spiro atoms. The second-order valence-electron chi connectivity index (χ2n) is 6.76. The molecule has 0 bridgehead atoms. The number of benzene rings is 3. The Morgan fingerprint density at radius 1 is 0.900 bits per heavy atom. The summed E-state index contributed by atoms with van der Waals surface area (Å²) in [6.07, 6.45) is 1.15. The number of anilines is 1. The van der Waals surface area contributed by atoms with Gasteiger partial charge in [-0.25, -0.2) is 8.42 Å². The highest BCUT2D eigenvalue weighted by atomic mass is 35.5. The fourth-order valence-electron chi connectivity index (χ4n) is 2.85. The van der Waals surface area contributed by atoms with E-state index in [1.54, 1.807) is 60.7 Å². The lowest BCUT2D eigenvalue weighted by Gasteiger charge is -2.22. The molecule has 0 atom stereocenters. The van der Waals surface area contributed by atoms with Crippen molar-refractivity contribution in [1.29, 1.82) is 0 Å². The molecule has 0 unspecified atom stereocenters. The maximum Gasteiger partial charge on any atom is 0.251 e. The molecule has 1 amide bonds. The average molecular weight is 463 g/mol. The van der Waals surface area contributed by atoms with E-state index in [1.165, 1.54) is 4.31 Å². The molecule has 1 N–H and O–H groups in total. The van der Waals surface area contributed by atoms with E-state index in [-0.39, 0.29) is 12.5 Å². The Morgan fingerprint density at radius 2 is 1.53 bits per heavy atom. The lowest BCUT2D eigenvalue weighted by Crippen LogP contribution is -2.29. The number of carbonyl (C=O) groups is 1. The minimum absolute atomic E-state index is 0.131. The van der Waals surface area contributed by atoms with Gasteiger partial charge in [0, 0.05) is 22.2 Å². The van der Waals surface area contributed by atoms with Gasteiger partial charge < -0.3 is 5.32 Å². The van der Waals surface area contributed by atoms with Crippen molar-refractivity contribution in [3.05, 3.63) is 99.5 Å². The van der Waals surface area contributed by atoms with E-state index in [1.807, 2.05) is 12.1 Å². The number of rotatable bonds is 7. The van der Waals surface area contributed by atoms with Crippen LogP contribution in [0.4, 0.5) is 5.69 Å². The Kier molecular flexibility index (Phi) is 7.02. The third-order valence-electron chi connectivity index (χ3n) is 4.41. The van der Waals surface area contributed by atoms with E-state index in [0.717, 1.165) is 17.4 Å². The first kappa shape index (κ1) is 22.2. The molecular weight excluding hydrogens is 443 g/mol. The molecule has 0 heterocycles. The average Bonchev–Trinajstić information content (AvgIpc) is 2.71. The summed E-state index contributed by atoms with van der Waals surface area (Å²) in [7, 11) is -3.52. The Bertz CT molecular complexity index is 1130. The van der Waals surface area contributed by atoms with Crippen LogP contribution in [0.5, 0.6) is 0 Å². The van der Waals surface area contributed by atoms with Crippen molar-refractivity contribution in [2.45, 2.75) is 13.1 Å². The van der Waals surface area contributed by atoms with E-state index in [4.69, 9.17) is 23.2 Å². The van der Waals surface area contributed by atoms with Gasteiger partial charge in [0.1, 0.15) is 0 Å². The molecule has 8 heteroatoms. The first-order valence-electron chi connectivity index (χ1n) is 9.07. The molecule has 0 aromatic heterocycles. The maximum atomic E-state index is 12.4. The summed E-state index contributed by atoms with van der Waals surface area (Å²) in [5.41, 5.74) is 2.65. The van der Waals surface area contributed by atoms with Crippen LogP contribution in [-0.2, 0) is 23.1 Å². The summed E-state index contributed by atoms with van der Waals surface area (Å²) in [4.78, 5) is 12.4. The number of nitrogens with zero attached hydrogens (tertiary/aromatic N) is 1. The van der Waals surface area contributed by atoms with Gasteiger partial charge in [-0.15, -0.1) is 0 Å². The molecule has 3 aromatic rings. The van der Waals surface area contributed by atoms with Gasteiger partial charge >= 0.3 is 0 Å². The number of hydrogen-bond acceptors (Lipinski definition) is 3. The molecule has 0 saturated carbocycles. The normalized spacial score (nSPS) is 11.2. The number of sulfonamides is 1. The van der Waals surface area contributed by atoms with Crippen LogP contribution in [0.3, 0.4) is 0 Å². The van der Waals surface area contributed by atoms with Crippen LogP contribution >= 0.6 is 23.2 Å². The molecule has 0 saturated heterocycles. The summed E-state index contributed by atoms with van der Waals surface area (Å²) in [5, 5.41) is 3.94. The standard InChI is InChI=1S/C22H20Cl2N2O3S/c1-30(28,29)26(21-4-2-3-20(24)13-21)15-17-5-9-18(10-6-17)22(27)25-14-16-7-11-19(23)12-8-16/h2-13H,14-15H2,1H3,(H,25,27). The fourth-order valence-corrected chi connectivity index (χ4v) is 4.04. The summed E-state index contributed by atoms with van der Waals surface area (Å²) in [5.74, 6) is -0.216. The summed E-state index contributed by atoms with van der Waals surface area (Å²) in [6, 6.07) is 20.7. The molecule has 30 heavy (non-hydrogen) atoms. The largest absolute Gasteiger partial charge is 0.348 e. The van der Waals surface area contributed by atoms with Crippen molar-refractivity contribution in [1.82, 2.24) is 5.32 Å². The maximum absolute atomic E-state index is 12.4. The summed E-state index contributed by atoms with van der Waals surface area (Å²) in [6.45, 7) is 0.514. The quantitative estimate of drug-likeness (QED) is 0.543. The lowest BCUT2D eigenvalue weighted by molar-refractivity contribution is 0.0951. The Hall–Kier alpha value is -2.54. The zero-order valence-electron chi connectivity index (χ0n) is 16.2. The number of halogens is 2. The molecule has 3 rings (SSSR count). The molecule has 156 valence electrons. The number of amides is 1. The van der Waals surface area contributed by atoms with Crippen molar-refractivity contribution in [2.24, 2.45) is 0 Å². The molecular formula is C22H20Cl2N2O3S. The lowest BCUT2D eigenvalue weighted by atomic mass is 10.1. The van der Waals surface area contributed by atoms with Crippen LogP contribution in [0.15, 0.2) is 72.8 Å². The van der Waals surface area contributed by atoms with Crippen LogP contribution in [0.2, 0.25) is 10.0 Å². The predicted molar refractivity (Wildman–Crippen MR) is 122 cm³/mol. The Balaban J connectivity index is 1.69. The smallest absolute Gasteiger partial charge is 0.251 e. The van der Waals surface area contributed by atoms with Crippen molar-refractivity contribution in [3.8, 4) is 0 Å². The first-order chi connectivity index (χ1) is 14.2. The number of hydrogen-bond donors (Lipinski definition) is 1.